The molecule has 0 saturated carbocycles. The second-order valence-corrected chi connectivity index (χ2v) is 4.87. The Hall–Kier alpha value is -1.14. The zero-order chi connectivity index (χ0) is 11.6. The van der Waals surface area contributed by atoms with Gasteiger partial charge < -0.3 is 4.42 Å². The van der Waals surface area contributed by atoms with Gasteiger partial charge in [0.2, 0.25) is 0 Å². The van der Waals surface area contributed by atoms with Gasteiger partial charge in [-0.05, 0) is 13.8 Å². The van der Waals surface area contributed by atoms with Crippen molar-refractivity contribution in [3.63, 3.8) is 0 Å². The summed E-state index contributed by atoms with van der Waals surface area (Å²) in [5.41, 5.74) is 0.255. The van der Waals surface area contributed by atoms with Gasteiger partial charge in [0.15, 0.2) is 5.43 Å². The topological polar surface area (TPSA) is 73.6 Å². The predicted molar refractivity (Wildman–Crippen MR) is 54.1 cm³/mol. The molecule has 1 aromatic heterocycles. The number of hydrogen-bond acceptors (Lipinski definition) is 5. The summed E-state index contributed by atoms with van der Waals surface area (Å²) in [4.78, 5) is 11.2. The van der Waals surface area contributed by atoms with Crippen molar-refractivity contribution in [1.29, 1.82) is 0 Å². The molecule has 6 heteroatoms. The van der Waals surface area contributed by atoms with Crippen LogP contribution in [0.15, 0.2) is 21.5 Å². The van der Waals surface area contributed by atoms with Gasteiger partial charge in [-0.3, -0.25) is 8.98 Å². The van der Waals surface area contributed by atoms with Gasteiger partial charge in [0.25, 0.3) is 10.1 Å². The Labute approximate surface area is 87.8 Å². The second kappa shape index (κ2) is 4.16. The molecule has 0 aliphatic carbocycles. The zero-order valence-electron chi connectivity index (χ0n) is 8.68. The second-order valence-electron chi connectivity index (χ2n) is 3.27. The Balaban J connectivity index is 2.98. The summed E-state index contributed by atoms with van der Waals surface area (Å²) in [5, 5.41) is 0. The first kappa shape index (κ1) is 11.9. The van der Waals surface area contributed by atoms with Crippen LogP contribution in [0.4, 0.5) is 0 Å². The van der Waals surface area contributed by atoms with Gasteiger partial charge in [-0.15, -0.1) is 0 Å². The highest BCUT2D eigenvalue weighted by molar-refractivity contribution is 7.86. The molecule has 0 amide bonds. The molecule has 15 heavy (non-hydrogen) atoms. The third-order valence-corrected chi connectivity index (χ3v) is 2.39. The Morgan fingerprint density at radius 1 is 1.47 bits per heavy atom. The molecule has 1 aromatic rings. The van der Waals surface area contributed by atoms with Crippen LogP contribution in [0.2, 0.25) is 0 Å². The Kier molecular flexibility index (Phi) is 3.31. The Morgan fingerprint density at radius 3 is 2.53 bits per heavy atom. The van der Waals surface area contributed by atoms with Crippen LogP contribution in [-0.2, 0) is 14.3 Å². The molecule has 84 valence electrons. The fourth-order valence-corrected chi connectivity index (χ4v) is 1.63. The van der Waals surface area contributed by atoms with E-state index in [1.807, 2.05) is 0 Å². The van der Waals surface area contributed by atoms with Gasteiger partial charge in [0.05, 0.1) is 12.5 Å². The van der Waals surface area contributed by atoms with E-state index in [9.17, 15) is 13.2 Å². The molecule has 1 atom stereocenters. The third kappa shape index (κ3) is 3.49. The van der Waals surface area contributed by atoms with Crippen LogP contribution < -0.4 is 5.43 Å². The first-order valence-electron chi connectivity index (χ1n) is 4.27. The number of rotatable bonds is 3. The Morgan fingerprint density at radius 2 is 2.07 bits per heavy atom. The van der Waals surface area contributed by atoms with Gasteiger partial charge in [-0.25, -0.2) is 0 Å². The number of aryl methyl sites for hydroxylation is 1. The molecule has 0 saturated heterocycles. The van der Waals surface area contributed by atoms with Crippen molar-refractivity contribution >= 4 is 10.1 Å². The highest BCUT2D eigenvalue weighted by atomic mass is 32.2. The lowest BCUT2D eigenvalue weighted by atomic mass is 10.2. The predicted octanol–water partition coefficient (Wildman–Crippen LogP) is 0.985. The average Bonchev–Trinajstić information content (AvgIpc) is 2.06. The fraction of sp³-hybridized carbons (Fsp3) is 0.444. The highest BCUT2D eigenvalue weighted by Crippen LogP contribution is 2.17. The van der Waals surface area contributed by atoms with E-state index < -0.39 is 16.2 Å². The highest BCUT2D eigenvalue weighted by Gasteiger charge is 2.15. The van der Waals surface area contributed by atoms with Crippen molar-refractivity contribution < 1.29 is 17.0 Å². The van der Waals surface area contributed by atoms with Gasteiger partial charge in [-0.2, -0.15) is 8.42 Å². The van der Waals surface area contributed by atoms with Crippen LogP contribution in [0.1, 0.15) is 24.4 Å². The van der Waals surface area contributed by atoms with Crippen molar-refractivity contribution in [3.05, 3.63) is 33.9 Å². The minimum atomic E-state index is -3.56. The molecule has 5 nitrogen and oxygen atoms in total. The summed E-state index contributed by atoms with van der Waals surface area (Å²) in [7, 11) is -3.56. The SMILES string of the molecule is Cc1coc(C(C)OS(C)(=O)=O)cc1=O. The van der Waals surface area contributed by atoms with E-state index in [-0.39, 0.29) is 11.2 Å². The van der Waals surface area contributed by atoms with Crippen molar-refractivity contribution in [1.82, 2.24) is 0 Å². The minimum absolute atomic E-state index is 0.191. The largest absolute Gasteiger partial charge is 0.466 e. The molecule has 1 rings (SSSR count). The molecule has 0 aromatic carbocycles. The maximum Gasteiger partial charge on any atom is 0.265 e. The van der Waals surface area contributed by atoms with Crippen molar-refractivity contribution in [3.8, 4) is 0 Å². The van der Waals surface area contributed by atoms with Crippen LogP contribution in [0.5, 0.6) is 0 Å². The van der Waals surface area contributed by atoms with E-state index >= 15 is 0 Å². The molecular formula is C9H12O5S. The standard InChI is InChI=1S/C9H12O5S/c1-6-5-13-9(4-8(6)10)7(2)14-15(3,11)12/h4-5,7H,1-3H3. The quantitative estimate of drug-likeness (QED) is 0.726. The minimum Gasteiger partial charge on any atom is -0.466 e. The maximum absolute atomic E-state index is 11.2. The van der Waals surface area contributed by atoms with E-state index in [0.29, 0.717) is 5.56 Å². The molecule has 0 spiro atoms. The van der Waals surface area contributed by atoms with Crippen LogP contribution in [0.3, 0.4) is 0 Å². The Bertz CT molecular complexity index is 499. The molecule has 0 aliphatic heterocycles. The smallest absolute Gasteiger partial charge is 0.265 e. The van der Waals surface area contributed by atoms with E-state index in [1.165, 1.54) is 19.3 Å². The van der Waals surface area contributed by atoms with Crippen molar-refractivity contribution in [2.75, 3.05) is 6.26 Å². The van der Waals surface area contributed by atoms with Crippen LogP contribution in [-0.4, -0.2) is 14.7 Å². The van der Waals surface area contributed by atoms with Gasteiger partial charge in [0.1, 0.15) is 11.9 Å². The van der Waals surface area contributed by atoms with Crippen LogP contribution in [0.25, 0.3) is 0 Å². The number of hydrogen-bond donors (Lipinski definition) is 0. The lowest BCUT2D eigenvalue weighted by Crippen LogP contribution is -2.11. The lowest BCUT2D eigenvalue weighted by molar-refractivity contribution is 0.201. The summed E-state index contributed by atoms with van der Waals surface area (Å²) in [5.74, 6) is 0.191. The van der Waals surface area contributed by atoms with Gasteiger partial charge in [-0.1, -0.05) is 0 Å². The molecule has 0 aliphatic rings. The van der Waals surface area contributed by atoms with Crippen LogP contribution in [0, 0.1) is 6.92 Å². The summed E-state index contributed by atoms with van der Waals surface area (Å²) in [6.45, 7) is 3.10. The molecule has 1 unspecified atom stereocenters. The molecule has 0 bridgehead atoms. The molecule has 0 N–H and O–H groups in total. The molecule has 0 radical (unpaired) electrons. The summed E-state index contributed by atoms with van der Waals surface area (Å²) >= 11 is 0. The third-order valence-electron chi connectivity index (χ3n) is 1.75. The molecule has 1 heterocycles. The van der Waals surface area contributed by atoms with Gasteiger partial charge in [0, 0.05) is 11.6 Å². The lowest BCUT2D eigenvalue weighted by Gasteiger charge is -2.09. The average molecular weight is 232 g/mol. The first-order chi connectivity index (χ1) is 6.79. The summed E-state index contributed by atoms with van der Waals surface area (Å²) < 4.78 is 31.4. The maximum atomic E-state index is 11.2. The van der Waals surface area contributed by atoms with E-state index in [4.69, 9.17) is 4.42 Å². The summed E-state index contributed by atoms with van der Waals surface area (Å²) in [6.07, 6.45) is 1.42. The van der Waals surface area contributed by atoms with Gasteiger partial charge >= 0.3 is 0 Å². The normalized spacial score (nSPS) is 13.8. The van der Waals surface area contributed by atoms with Crippen molar-refractivity contribution in [2.45, 2.75) is 20.0 Å². The first-order valence-corrected chi connectivity index (χ1v) is 6.09. The molecular weight excluding hydrogens is 220 g/mol. The monoisotopic (exact) mass is 232 g/mol. The van der Waals surface area contributed by atoms with E-state index in [2.05, 4.69) is 4.18 Å². The van der Waals surface area contributed by atoms with Crippen molar-refractivity contribution in [2.24, 2.45) is 0 Å². The molecule has 0 fully saturated rings. The summed E-state index contributed by atoms with van der Waals surface area (Å²) in [6, 6.07) is 1.23. The fourth-order valence-electron chi connectivity index (χ4n) is 1.01. The zero-order valence-corrected chi connectivity index (χ0v) is 9.50. The van der Waals surface area contributed by atoms with E-state index in [0.717, 1.165) is 6.26 Å². The van der Waals surface area contributed by atoms with E-state index in [1.54, 1.807) is 6.92 Å². The van der Waals surface area contributed by atoms with Crippen LogP contribution >= 0.6 is 0 Å².